The Hall–Kier alpha value is -1.34. The minimum absolute atomic E-state index is 0.0236. The van der Waals surface area contributed by atoms with Crippen molar-refractivity contribution in [3.05, 3.63) is 46.5 Å². The predicted octanol–water partition coefficient (Wildman–Crippen LogP) is 6.07. The average Bonchev–Trinajstić information content (AvgIpc) is 2.58. The van der Waals surface area contributed by atoms with Crippen LogP contribution in [-0.2, 0) is 29.3 Å². The molecule has 0 aromatic heterocycles. The van der Waals surface area contributed by atoms with Crippen molar-refractivity contribution in [3.63, 3.8) is 0 Å². The first-order valence-corrected chi connectivity index (χ1v) is 10.3. The number of rotatable bonds is 5. The Balaban J connectivity index is 2.66. The largest absolute Gasteiger partial charge is 0.469 e. The Morgan fingerprint density at radius 3 is 2.18 bits per heavy atom. The van der Waals surface area contributed by atoms with Crippen LogP contribution in [0.4, 0.5) is 13.2 Å². The molecule has 0 spiro atoms. The lowest BCUT2D eigenvalue weighted by Gasteiger charge is -2.38. The number of hydrogen-bond acceptors (Lipinski definition) is 5. The molecule has 9 heteroatoms. The molecule has 28 heavy (non-hydrogen) atoms. The molecular weight excluding hydrogens is 396 g/mol. The summed E-state index contributed by atoms with van der Waals surface area (Å²) >= 11 is 0. The Labute approximate surface area is 163 Å². The molecule has 0 N–H and O–H groups in total. The molecule has 0 fully saturated rings. The van der Waals surface area contributed by atoms with E-state index < -0.39 is 37.1 Å². The SMILES string of the molecule is COP(=O)(OC)C1=C(C)O[C@H](OC(C)(C)C)C[C@H]1c1ccccc1C(F)(F)F. The van der Waals surface area contributed by atoms with E-state index in [4.69, 9.17) is 18.5 Å². The van der Waals surface area contributed by atoms with Gasteiger partial charge in [0.1, 0.15) is 5.76 Å². The normalized spacial score (nSPS) is 21.6. The molecule has 0 amide bonds. The van der Waals surface area contributed by atoms with Crippen molar-refractivity contribution in [2.75, 3.05) is 14.2 Å². The Kier molecular flexibility index (Phi) is 6.71. The number of allylic oxidation sites excluding steroid dienone is 2. The molecule has 0 saturated heterocycles. The number of ether oxygens (including phenoxy) is 2. The molecule has 1 aromatic rings. The van der Waals surface area contributed by atoms with E-state index in [2.05, 4.69) is 0 Å². The standard InChI is InChI=1S/C19H26F3O5P/c1-12-17(28(23,24-5)25-6)14(11-16(26-12)27-18(2,3)4)13-9-7-8-10-15(13)19(20,21)22/h7-10,14,16H,11H2,1-6H3/t14-,16+/m0/s1. The first-order valence-electron chi connectivity index (χ1n) is 8.76. The van der Waals surface area contributed by atoms with Crippen molar-refractivity contribution in [1.82, 2.24) is 0 Å². The van der Waals surface area contributed by atoms with Crippen molar-refractivity contribution in [1.29, 1.82) is 0 Å². The van der Waals surface area contributed by atoms with Crippen molar-refractivity contribution < 1.29 is 36.3 Å². The van der Waals surface area contributed by atoms with Gasteiger partial charge in [0, 0.05) is 26.6 Å². The van der Waals surface area contributed by atoms with Crippen LogP contribution in [0.15, 0.2) is 35.3 Å². The molecule has 0 aliphatic carbocycles. The molecule has 158 valence electrons. The highest BCUT2D eigenvalue weighted by molar-refractivity contribution is 7.58. The lowest BCUT2D eigenvalue weighted by Crippen LogP contribution is -2.34. The summed E-state index contributed by atoms with van der Waals surface area (Å²) in [6.07, 6.45) is -5.34. The highest BCUT2D eigenvalue weighted by Gasteiger charge is 2.46. The van der Waals surface area contributed by atoms with Gasteiger partial charge in [-0.1, -0.05) is 18.2 Å². The molecule has 1 heterocycles. The Bertz CT molecular complexity index is 775. The second-order valence-electron chi connectivity index (χ2n) is 7.45. The first-order chi connectivity index (χ1) is 12.8. The molecular formula is C19H26F3O5P. The first kappa shape index (κ1) is 22.9. The lowest BCUT2D eigenvalue weighted by molar-refractivity contribution is -0.186. The highest BCUT2D eigenvalue weighted by atomic mass is 31.2. The van der Waals surface area contributed by atoms with Gasteiger partial charge in [-0.2, -0.15) is 13.2 Å². The van der Waals surface area contributed by atoms with E-state index in [0.29, 0.717) is 0 Å². The van der Waals surface area contributed by atoms with E-state index in [9.17, 15) is 17.7 Å². The van der Waals surface area contributed by atoms with Crippen LogP contribution < -0.4 is 0 Å². The van der Waals surface area contributed by atoms with E-state index in [1.807, 2.05) is 20.8 Å². The van der Waals surface area contributed by atoms with Crippen LogP contribution in [0.3, 0.4) is 0 Å². The number of alkyl halides is 3. The summed E-state index contributed by atoms with van der Waals surface area (Å²) in [4.78, 5) is 0. The maximum atomic E-state index is 13.6. The van der Waals surface area contributed by atoms with Crippen molar-refractivity contribution >= 4 is 7.60 Å². The third kappa shape index (κ3) is 4.98. The summed E-state index contributed by atoms with van der Waals surface area (Å²) in [5.74, 6) is -0.737. The van der Waals surface area contributed by atoms with Gasteiger partial charge in [0.05, 0.1) is 16.5 Å². The minimum Gasteiger partial charge on any atom is -0.469 e. The average molecular weight is 422 g/mol. The third-order valence-electron chi connectivity index (χ3n) is 4.33. The molecule has 1 aliphatic heterocycles. The van der Waals surface area contributed by atoms with Crippen molar-refractivity contribution in [2.24, 2.45) is 0 Å². The second kappa shape index (κ2) is 8.19. The summed E-state index contributed by atoms with van der Waals surface area (Å²) in [7, 11) is -1.47. The third-order valence-corrected chi connectivity index (χ3v) is 6.51. The zero-order valence-electron chi connectivity index (χ0n) is 16.8. The zero-order valence-corrected chi connectivity index (χ0v) is 17.7. The number of halogens is 3. The maximum absolute atomic E-state index is 13.6. The Morgan fingerprint density at radius 2 is 1.68 bits per heavy atom. The Morgan fingerprint density at radius 1 is 1.11 bits per heavy atom. The van der Waals surface area contributed by atoms with Gasteiger partial charge in [-0.05, 0) is 39.3 Å². The van der Waals surface area contributed by atoms with Crippen molar-refractivity contribution in [3.8, 4) is 0 Å². The number of benzene rings is 1. The van der Waals surface area contributed by atoms with E-state index in [-0.39, 0.29) is 23.1 Å². The van der Waals surface area contributed by atoms with Gasteiger partial charge >= 0.3 is 13.8 Å². The summed E-state index contributed by atoms with van der Waals surface area (Å²) in [6.45, 7) is 6.98. The quantitative estimate of drug-likeness (QED) is 0.539. The van der Waals surface area contributed by atoms with E-state index in [1.54, 1.807) is 0 Å². The van der Waals surface area contributed by atoms with Crippen LogP contribution in [0.5, 0.6) is 0 Å². The van der Waals surface area contributed by atoms with E-state index >= 15 is 0 Å². The zero-order chi connectivity index (χ0) is 21.3. The summed E-state index contributed by atoms with van der Waals surface area (Å²) < 4.78 is 75.8. The van der Waals surface area contributed by atoms with Crippen LogP contribution >= 0.6 is 7.60 Å². The molecule has 0 bridgehead atoms. The van der Waals surface area contributed by atoms with Gasteiger partial charge in [-0.25, -0.2) is 0 Å². The molecule has 1 aliphatic rings. The summed E-state index contributed by atoms with van der Waals surface area (Å²) in [5, 5.41) is 0.0722. The molecule has 5 nitrogen and oxygen atoms in total. The lowest BCUT2D eigenvalue weighted by atomic mass is 9.88. The minimum atomic E-state index is -4.57. The van der Waals surface area contributed by atoms with Gasteiger partial charge in [-0.15, -0.1) is 0 Å². The van der Waals surface area contributed by atoms with Gasteiger partial charge in [0.2, 0.25) is 6.29 Å². The van der Waals surface area contributed by atoms with Crippen LogP contribution in [-0.4, -0.2) is 26.1 Å². The van der Waals surface area contributed by atoms with Gasteiger partial charge in [0.15, 0.2) is 0 Å². The summed E-state index contributed by atoms with van der Waals surface area (Å²) in [5.41, 5.74) is -1.41. The highest BCUT2D eigenvalue weighted by Crippen LogP contribution is 2.63. The van der Waals surface area contributed by atoms with Crippen LogP contribution in [0.25, 0.3) is 0 Å². The molecule has 0 saturated carbocycles. The van der Waals surface area contributed by atoms with Crippen molar-refractivity contribution in [2.45, 2.75) is 58.1 Å². The van der Waals surface area contributed by atoms with Gasteiger partial charge in [-0.3, -0.25) is 4.57 Å². The fourth-order valence-corrected chi connectivity index (χ4v) is 4.92. The van der Waals surface area contributed by atoms with Crippen LogP contribution in [0.1, 0.15) is 51.2 Å². The van der Waals surface area contributed by atoms with Gasteiger partial charge in [0.25, 0.3) is 0 Å². The summed E-state index contributed by atoms with van der Waals surface area (Å²) in [6, 6.07) is 5.20. The van der Waals surface area contributed by atoms with Gasteiger partial charge < -0.3 is 18.5 Å². The maximum Gasteiger partial charge on any atom is 0.416 e. The van der Waals surface area contributed by atoms with E-state index in [1.165, 1.54) is 39.3 Å². The topological polar surface area (TPSA) is 54.0 Å². The fourth-order valence-electron chi connectivity index (χ4n) is 3.31. The predicted molar refractivity (Wildman–Crippen MR) is 98.8 cm³/mol. The monoisotopic (exact) mass is 422 g/mol. The van der Waals surface area contributed by atoms with E-state index in [0.717, 1.165) is 6.07 Å². The fraction of sp³-hybridized carbons (Fsp3) is 0.579. The molecule has 2 rings (SSSR count). The molecule has 0 radical (unpaired) electrons. The molecule has 0 unspecified atom stereocenters. The molecule has 1 aromatic carbocycles. The smallest absolute Gasteiger partial charge is 0.416 e. The second-order valence-corrected chi connectivity index (χ2v) is 9.66. The van der Waals surface area contributed by atoms with Crippen LogP contribution in [0, 0.1) is 0 Å². The van der Waals surface area contributed by atoms with Crippen LogP contribution in [0.2, 0.25) is 0 Å². The molecule has 2 atom stereocenters. The number of hydrogen-bond donors (Lipinski definition) is 0.